The van der Waals surface area contributed by atoms with Crippen LogP contribution >= 0.6 is 0 Å². The Bertz CT molecular complexity index is 406. The zero-order valence-electron chi connectivity index (χ0n) is 12.1. The van der Waals surface area contributed by atoms with Crippen LogP contribution in [0.5, 0.6) is 0 Å². The number of amides is 1. The highest BCUT2D eigenvalue weighted by atomic mass is 16.5. The van der Waals surface area contributed by atoms with Crippen LogP contribution in [-0.2, 0) is 9.53 Å². The van der Waals surface area contributed by atoms with E-state index in [2.05, 4.69) is 5.32 Å². The fraction of sp³-hybridized carbons (Fsp3) is 0.533. The molecular weight excluding hydrogens is 256 g/mol. The Labute approximate surface area is 120 Å². The van der Waals surface area contributed by atoms with Crippen molar-refractivity contribution in [3.8, 4) is 0 Å². The molecule has 20 heavy (non-hydrogen) atoms. The first-order valence-electron chi connectivity index (χ1n) is 6.82. The third-order valence-electron chi connectivity index (χ3n) is 3.16. The maximum atomic E-state index is 11.8. The minimum absolute atomic E-state index is 0.0149. The minimum Gasteiger partial charge on any atom is -0.399 e. The van der Waals surface area contributed by atoms with E-state index in [1.165, 1.54) is 7.11 Å². The predicted molar refractivity (Wildman–Crippen MR) is 79.4 cm³/mol. The number of benzene rings is 1. The number of carbonyl (C=O) groups excluding carboxylic acids is 1. The van der Waals surface area contributed by atoms with Crippen LogP contribution in [0.1, 0.15) is 31.2 Å². The summed E-state index contributed by atoms with van der Waals surface area (Å²) in [4.78, 5) is 11.8. The van der Waals surface area contributed by atoms with Crippen LogP contribution in [0.25, 0.3) is 0 Å². The van der Waals surface area contributed by atoms with Gasteiger partial charge in [-0.05, 0) is 30.0 Å². The summed E-state index contributed by atoms with van der Waals surface area (Å²) in [6.07, 6.45) is 0.384. The van der Waals surface area contributed by atoms with Crippen molar-refractivity contribution in [1.82, 2.24) is 5.32 Å². The van der Waals surface area contributed by atoms with E-state index in [4.69, 9.17) is 10.5 Å². The average molecular weight is 280 g/mol. The van der Waals surface area contributed by atoms with Crippen molar-refractivity contribution in [2.24, 2.45) is 0 Å². The summed E-state index contributed by atoms with van der Waals surface area (Å²) in [7, 11) is 1.54. The summed E-state index contributed by atoms with van der Waals surface area (Å²) in [6.45, 7) is 2.75. The van der Waals surface area contributed by atoms with Gasteiger partial charge in [-0.2, -0.15) is 0 Å². The lowest BCUT2D eigenvalue weighted by molar-refractivity contribution is -0.121. The third-order valence-corrected chi connectivity index (χ3v) is 3.16. The molecule has 1 rings (SSSR count). The van der Waals surface area contributed by atoms with Gasteiger partial charge in [0.05, 0.1) is 12.7 Å². The number of ether oxygens (including phenoxy) is 1. The molecule has 5 heteroatoms. The van der Waals surface area contributed by atoms with Crippen molar-refractivity contribution in [2.75, 3.05) is 26.0 Å². The normalized spacial score (nSPS) is 13.8. The Kier molecular flexibility index (Phi) is 7.04. The number of nitrogen functional groups attached to an aromatic ring is 1. The Morgan fingerprint density at radius 3 is 2.65 bits per heavy atom. The average Bonchev–Trinajstić information content (AvgIpc) is 2.39. The van der Waals surface area contributed by atoms with E-state index in [-0.39, 0.29) is 18.4 Å². The molecule has 0 aliphatic heterocycles. The van der Waals surface area contributed by atoms with E-state index in [0.717, 1.165) is 11.3 Å². The van der Waals surface area contributed by atoms with Crippen molar-refractivity contribution in [3.63, 3.8) is 0 Å². The summed E-state index contributed by atoms with van der Waals surface area (Å²) in [5, 5.41) is 12.3. The van der Waals surface area contributed by atoms with Crippen LogP contribution in [0.3, 0.4) is 0 Å². The van der Waals surface area contributed by atoms with Crippen LogP contribution in [0.4, 0.5) is 5.69 Å². The van der Waals surface area contributed by atoms with Gasteiger partial charge in [-0.25, -0.2) is 0 Å². The lowest BCUT2D eigenvalue weighted by atomic mass is 9.97. The van der Waals surface area contributed by atoms with Gasteiger partial charge in [0.1, 0.15) is 0 Å². The molecule has 2 unspecified atom stereocenters. The van der Waals surface area contributed by atoms with E-state index in [1.54, 1.807) is 0 Å². The van der Waals surface area contributed by atoms with Crippen LogP contribution < -0.4 is 11.1 Å². The lowest BCUT2D eigenvalue weighted by Gasteiger charge is -2.13. The van der Waals surface area contributed by atoms with Crippen molar-refractivity contribution >= 4 is 11.6 Å². The van der Waals surface area contributed by atoms with E-state index in [9.17, 15) is 9.90 Å². The van der Waals surface area contributed by atoms with E-state index < -0.39 is 6.10 Å². The number of hydrogen-bond acceptors (Lipinski definition) is 4. The SMILES string of the molecule is COCC(O)CCNC(=O)CC(C)c1ccc(N)cc1. The number of methoxy groups -OCH3 is 1. The van der Waals surface area contributed by atoms with Gasteiger partial charge < -0.3 is 20.9 Å². The molecule has 0 aromatic heterocycles. The fourth-order valence-corrected chi connectivity index (χ4v) is 1.95. The Hall–Kier alpha value is -1.59. The van der Waals surface area contributed by atoms with Crippen LogP contribution in [0, 0.1) is 0 Å². The van der Waals surface area contributed by atoms with Gasteiger partial charge in [-0.1, -0.05) is 19.1 Å². The molecule has 1 amide bonds. The van der Waals surface area contributed by atoms with Crippen LogP contribution in [0.2, 0.25) is 0 Å². The molecule has 0 fully saturated rings. The maximum absolute atomic E-state index is 11.8. The largest absolute Gasteiger partial charge is 0.399 e. The molecule has 0 heterocycles. The molecular formula is C15H24N2O3. The molecule has 5 nitrogen and oxygen atoms in total. The second-order valence-corrected chi connectivity index (χ2v) is 5.02. The number of rotatable bonds is 8. The molecule has 112 valence electrons. The van der Waals surface area contributed by atoms with Crippen LogP contribution in [-0.4, -0.2) is 37.4 Å². The molecule has 0 aliphatic rings. The number of aliphatic hydroxyl groups excluding tert-OH is 1. The van der Waals surface area contributed by atoms with Gasteiger partial charge in [-0.15, -0.1) is 0 Å². The number of hydrogen-bond donors (Lipinski definition) is 3. The zero-order chi connectivity index (χ0) is 15.0. The monoisotopic (exact) mass is 280 g/mol. The smallest absolute Gasteiger partial charge is 0.220 e. The predicted octanol–water partition coefficient (Wildman–Crippen LogP) is 1.28. The zero-order valence-corrected chi connectivity index (χ0v) is 12.1. The van der Waals surface area contributed by atoms with E-state index in [1.807, 2.05) is 31.2 Å². The highest BCUT2D eigenvalue weighted by Gasteiger charge is 2.11. The number of nitrogens with one attached hydrogen (secondary N) is 1. The quantitative estimate of drug-likeness (QED) is 0.626. The summed E-state index contributed by atoms with van der Waals surface area (Å²) < 4.78 is 4.82. The topological polar surface area (TPSA) is 84.6 Å². The summed E-state index contributed by atoms with van der Waals surface area (Å²) in [5.74, 6) is 0.124. The van der Waals surface area contributed by atoms with E-state index in [0.29, 0.717) is 19.4 Å². The molecule has 0 aliphatic carbocycles. The van der Waals surface area contributed by atoms with Gasteiger partial charge in [0.15, 0.2) is 0 Å². The summed E-state index contributed by atoms with van der Waals surface area (Å²) in [5.41, 5.74) is 7.44. The van der Waals surface area contributed by atoms with Gasteiger partial charge in [0, 0.05) is 25.8 Å². The van der Waals surface area contributed by atoms with Gasteiger partial charge >= 0.3 is 0 Å². The second kappa shape index (κ2) is 8.55. The Balaban J connectivity index is 2.29. The molecule has 0 saturated heterocycles. The maximum Gasteiger partial charge on any atom is 0.220 e. The number of nitrogens with two attached hydrogens (primary N) is 1. The summed E-state index contributed by atoms with van der Waals surface area (Å²) >= 11 is 0. The van der Waals surface area contributed by atoms with Gasteiger partial charge in [-0.3, -0.25) is 4.79 Å². The molecule has 0 radical (unpaired) electrons. The van der Waals surface area contributed by atoms with Crippen molar-refractivity contribution in [2.45, 2.75) is 31.8 Å². The molecule has 1 aromatic rings. The molecule has 0 bridgehead atoms. The Morgan fingerprint density at radius 2 is 2.05 bits per heavy atom. The van der Waals surface area contributed by atoms with Gasteiger partial charge in [0.25, 0.3) is 0 Å². The standard InChI is InChI=1S/C15H24N2O3/c1-11(12-3-5-13(16)6-4-12)9-15(19)17-8-7-14(18)10-20-2/h3-6,11,14,18H,7-10,16H2,1-2H3,(H,17,19). The first kappa shape index (κ1) is 16.5. The van der Waals surface area contributed by atoms with Crippen molar-refractivity contribution in [1.29, 1.82) is 0 Å². The first-order chi connectivity index (χ1) is 9.52. The second-order valence-electron chi connectivity index (χ2n) is 5.02. The highest BCUT2D eigenvalue weighted by molar-refractivity contribution is 5.76. The molecule has 4 N–H and O–H groups in total. The third kappa shape index (κ3) is 6.04. The molecule has 0 spiro atoms. The number of aliphatic hydroxyl groups is 1. The van der Waals surface area contributed by atoms with E-state index >= 15 is 0 Å². The Morgan fingerprint density at radius 1 is 1.40 bits per heavy atom. The highest BCUT2D eigenvalue weighted by Crippen LogP contribution is 2.19. The molecule has 1 aromatic carbocycles. The van der Waals surface area contributed by atoms with Crippen molar-refractivity contribution < 1.29 is 14.6 Å². The molecule has 0 saturated carbocycles. The number of carbonyl (C=O) groups is 1. The molecule has 2 atom stereocenters. The summed E-state index contributed by atoms with van der Waals surface area (Å²) in [6, 6.07) is 7.56. The fourth-order valence-electron chi connectivity index (χ4n) is 1.95. The lowest BCUT2D eigenvalue weighted by Crippen LogP contribution is -2.29. The van der Waals surface area contributed by atoms with Crippen molar-refractivity contribution in [3.05, 3.63) is 29.8 Å². The van der Waals surface area contributed by atoms with Gasteiger partial charge in [0.2, 0.25) is 5.91 Å². The minimum atomic E-state index is -0.533. The first-order valence-corrected chi connectivity index (χ1v) is 6.82. The number of anilines is 1. The van der Waals surface area contributed by atoms with Crippen LogP contribution in [0.15, 0.2) is 24.3 Å².